The summed E-state index contributed by atoms with van der Waals surface area (Å²) in [5.41, 5.74) is 8.26. The number of likely N-dealkylation sites (tertiary alicyclic amines) is 2. The zero-order valence-electron chi connectivity index (χ0n) is 24.3. The molecule has 42 heavy (non-hydrogen) atoms. The van der Waals surface area contributed by atoms with Gasteiger partial charge in [-0.2, -0.15) is 0 Å². The minimum Gasteiger partial charge on any atom is -0.494 e. The van der Waals surface area contributed by atoms with Crippen molar-refractivity contribution in [2.45, 2.75) is 70.3 Å². The van der Waals surface area contributed by atoms with Gasteiger partial charge in [0.1, 0.15) is 5.75 Å². The summed E-state index contributed by atoms with van der Waals surface area (Å²) in [6, 6.07) is 15.6. The molecule has 4 amide bonds. The van der Waals surface area contributed by atoms with Gasteiger partial charge in [0.25, 0.3) is 5.91 Å². The smallest absolute Gasteiger partial charge is 0.253 e. The maximum Gasteiger partial charge on any atom is 0.253 e. The molecule has 3 heterocycles. The molecular weight excluding hydrogens is 532 g/mol. The summed E-state index contributed by atoms with van der Waals surface area (Å²) in [7, 11) is 0. The van der Waals surface area contributed by atoms with Crippen LogP contribution in [-0.2, 0) is 20.8 Å². The fraction of sp³-hybridized carbons (Fsp3) is 0.515. The summed E-state index contributed by atoms with van der Waals surface area (Å²) in [4.78, 5) is 55.3. The number of aryl methyl sites for hydroxylation is 1. The number of carbonyl (C=O) groups excluding carboxylic acids is 4. The molecule has 3 aliphatic heterocycles. The normalized spacial score (nSPS) is 18.1. The molecular formula is C33H42N4O5. The van der Waals surface area contributed by atoms with Gasteiger partial charge in [-0.05, 0) is 87.3 Å². The molecule has 2 fully saturated rings. The second-order valence-electron chi connectivity index (χ2n) is 11.7. The first-order valence-electron chi connectivity index (χ1n) is 15.4. The Bertz CT molecular complexity index is 1260. The highest BCUT2D eigenvalue weighted by Gasteiger charge is 2.33. The Morgan fingerprint density at radius 3 is 2.21 bits per heavy atom. The van der Waals surface area contributed by atoms with Crippen LogP contribution in [0.5, 0.6) is 5.75 Å². The van der Waals surface area contributed by atoms with E-state index >= 15 is 0 Å². The lowest BCUT2D eigenvalue weighted by molar-refractivity contribution is -0.135. The van der Waals surface area contributed by atoms with E-state index in [0.29, 0.717) is 64.0 Å². The largest absolute Gasteiger partial charge is 0.494 e. The van der Waals surface area contributed by atoms with Crippen LogP contribution in [0.25, 0.3) is 0 Å². The predicted octanol–water partition coefficient (Wildman–Crippen LogP) is 3.93. The molecule has 9 nitrogen and oxygen atoms in total. The number of para-hydroxylation sites is 1. The van der Waals surface area contributed by atoms with Gasteiger partial charge in [-0.25, -0.2) is 0 Å². The highest BCUT2D eigenvalue weighted by atomic mass is 16.5. The number of hydrogen-bond donors (Lipinski definition) is 1. The van der Waals surface area contributed by atoms with E-state index in [0.717, 1.165) is 50.0 Å². The summed E-state index contributed by atoms with van der Waals surface area (Å²) in [5.74, 6) is 0.690. The highest BCUT2D eigenvalue weighted by Crippen LogP contribution is 2.32. The molecule has 0 atom stereocenters. The molecule has 9 heteroatoms. The molecule has 3 aliphatic rings. The first-order valence-corrected chi connectivity index (χ1v) is 15.4. The van der Waals surface area contributed by atoms with E-state index in [-0.39, 0.29) is 35.6 Å². The van der Waals surface area contributed by atoms with Crippen LogP contribution in [0.2, 0.25) is 0 Å². The third kappa shape index (κ3) is 7.12. The van der Waals surface area contributed by atoms with Crippen molar-refractivity contribution in [3.05, 3.63) is 59.7 Å². The highest BCUT2D eigenvalue weighted by molar-refractivity contribution is 5.97. The lowest BCUT2D eigenvalue weighted by atomic mass is 9.95. The first kappa shape index (κ1) is 29.6. The molecule has 2 N–H and O–H groups in total. The van der Waals surface area contributed by atoms with Crippen molar-refractivity contribution in [2.75, 3.05) is 37.7 Å². The van der Waals surface area contributed by atoms with Crippen molar-refractivity contribution in [3.8, 4) is 5.75 Å². The van der Waals surface area contributed by atoms with Gasteiger partial charge < -0.3 is 25.2 Å². The number of benzene rings is 2. The fourth-order valence-corrected chi connectivity index (χ4v) is 6.37. The summed E-state index contributed by atoms with van der Waals surface area (Å²) < 4.78 is 5.86. The molecule has 0 bridgehead atoms. The van der Waals surface area contributed by atoms with E-state index in [2.05, 4.69) is 6.07 Å². The fourth-order valence-electron chi connectivity index (χ4n) is 6.37. The Kier molecular flexibility index (Phi) is 9.77. The number of nitrogens with two attached hydrogens (primary N) is 1. The van der Waals surface area contributed by atoms with Crippen LogP contribution in [0.15, 0.2) is 48.5 Å². The van der Waals surface area contributed by atoms with Gasteiger partial charge in [0.15, 0.2) is 0 Å². The van der Waals surface area contributed by atoms with Crippen LogP contribution in [0.3, 0.4) is 0 Å². The minimum atomic E-state index is -0.265. The molecule has 2 aromatic rings. The van der Waals surface area contributed by atoms with E-state index in [4.69, 9.17) is 10.5 Å². The van der Waals surface area contributed by atoms with E-state index in [1.165, 1.54) is 5.56 Å². The number of unbranched alkanes of at least 4 members (excludes halogenated alkanes) is 2. The van der Waals surface area contributed by atoms with Crippen molar-refractivity contribution in [3.63, 3.8) is 0 Å². The molecule has 2 saturated heterocycles. The third-order valence-electron chi connectivity index (χ3n) is 8.90. The molecule has 0 spiro atoms. The van der Waals surface area contributed by atoms with Crippen molar-refractivity contribution < 1.29 is 23.9 Å². The second kappa shape index (κ2) is 13.9. The Hall–Kier alpha value is -3.88. The van der Waals surface area contributed by atoms with Crippen LogP contribution < -0.4 is 15.4 Å². The van der Waals surface area contributed by atoms with E-state index < -0.39 is 0 Å². The van der Waals surface area contributed by atoms with Crippen molar-refractivity contribution in [1.82, 2.24) is 9.80 Å². The number of primary amides is 1. The first-order chi connectivity index (χ1) is 20.4. The maximum absolute atomic E-state index is 13.2. The zero-order valence-corrected chi connectivity index (χ0v) is 24.3. The van der Waals surface area contributed by atoms with Gasteiger partial charge in [0.2, 0.25) is 17.7 Å². The van der Waals surface area contributed by atoms with Crippen LogP contribution in [0.1, 0.15) is 73.7 Å². The Morgan fingerprint density at radius 2 is 1.50 bits per heavy atom. The average molecular weight is 575 g/mol. The van der Waals surface area contributed by atoms with Crippen LogP contribution in [-0.4, -0.2) is 72.3 Å². The summed E-state index contributed by atoms with van der Waals surface area (Å²) in [6.45, 7) is 3.03. The van der Waals surface area contributed by atoms with Crippen molar-refractivity contribution >= 4 is 29.3 Å². The molecule has 5 rings (SSSR count). The topological polar surface area (TPSA) is 113 Å². The summed E-state index contributed by atoms with van der Waals surface area (Å²) in [6.07, 6.45) is 7.26. The number of anilines is 1. The number of ether oxygens (including phenoxy) is 1. The monoisotopic (exact) mass is 574 g/mol. The third-order valence-corrected chi connectivity index (χ3v) is 8.90. The van der Waals surface area contributed by atoms with Gasteiger partial charge in [0, 0.05) is 62.2 Å². The lowest BCUT2D eigenvalue weighted by Crippen LogP contribution is -2.50. The predicted molar refractivity (Wildman–Crippen MR) is 160 cm³/mol. The van der Waals surface area contributed by atoms with Gasteiger partial charge in [-0.15, -0.1) is 0 Å². The van der Waals surface area contributed by atoms with Gasteiger partial charge in [-0.3, -0.25) is 19.2 Å². The standard InChI is InChI=1S/C33H42N4O5/c34-32(40)25-15-19-35(20-16-25)30(38)8-2-1-5-23-42-28-12-9-26(10-13-28)33(41)36-21-17-27(18-22-36)37-29-7-4-3-6-24(29)11-14-31(37)39/h3-4,6-7,9-10,12-13,25,27H,1-2,5,8,11,14-23H2,(H2,34,40). The zero-order chi connectivity index (χ0) is 29.5. The van der Waals surface area contributed by atoms with Gasteiger partial charge >= 0.3 is 0 Å². The number of piperidine rings is 2. The molecule has 0 saturated carbocycles. The number of amides is 4. The quantitative estimate of drug-likeness (QED) is 0.432. The molecule has 2 aromatic carbocycles. The molecule has 0 unspecified atom stereocenters. The van der Waals surface area contributed by atoms with Crippen molar-refractivity contribution in [2.24, 2.45) is 11.7 Å². The van der Waals surface area contributed by atoms with E-state index in [9.17, 15) is 19.2 Å². The maximum atomic E-state index is 13.2. The summed E-state index contributed by atoms with van der Waals surface area (Å²) >= 11 is 0. The van der Waals surface area contributed by atoms with E-state index in [1.807, 2.05) is 57.2 Å². The summed E-state index contributed by atoms with van der Waals surface area (Å²) in [5, 5.41) is 0. The Labute approximate surface area is 248 Å². The Balaban J connectivity index is 0.994. The molecule has 0 radical (unpaired) electrons. The SMILES string of the molecule is NC(=O)C1CCN(C(=O)CCCCCOc2ccc(C(=O)N3CCC(N4C(=O)CCc5ccccc54)CC3)cc2)CC1. The van der Waals surface area contributed by atoms with Gasteiger partial charge in [0.05, 0.1) is 6.61 Å². The Morgan fingerprint density at radius 1 is 0.810 bits per heavy atom. The molecule has 224 valence electrons. The van der Waals surface area contributed by atoms with Gasteiger partial charge in [-0.1, -0.05) is 18.2 Å². The lowest BCUT2D eigenvalue weighted by Gasteiger charge is -2.41. The van der Waals surface area contributed by atoms with Crippen LogP contribution in [0, 0.1) is 5.92 Å². The molecule has 0 aromatic heterocycles. The van der Waals surface area contributed by atoms with Crippen LogP contribution >= 0.6 is 0 Å². The second-order valence-corrected chi connectivity index (χ2v) is 11.7. The number of nitrogens with zero attached hydrogens (tertiary/aromatic N) is 3. The van der Waals surface area contributed by atoms with Crippen molar-refractivity contribution in [1.29, 1.82) is 0 Å². The molecule has 0 aliphatic carbocycles. The average Bonchev–Trinajstić information content (AvgIpc) is 3.02. The number of carbonyl (C=O) groups is 4. The van der Waals surface area contributed by atoms with Crippen LogP contribution in [0.4, 0.5) is 5.69 Å². The number of hydrogen-bond acceptors (Lipinski definition) is 5. The minimum absolute atomic E-state index is 0.00823. The number of rotatable bonds is 10. The number of fused-ring (bicyclic) bond motifs is 1. The van der Waals surface area contributed by atoms with E-state index in [1.54, 1.807) is 0 Å².